The Morgan fingerprint density at radius 2 is 1.85 bits per heavy atom. The lowest BCUT2D eigenvalue weighted by atomic mass is 10.1. The van der Waals surface area contributed by atoms with Gasteiger partial charge >= 0.3 is 0 Å². The van der Waals surface area contributed by atoms with E-state index >= 15 is 0 Å². The van der Waals surface area contributed by atoms with Crippen molar-refractivity contribution in [1.82, 2.24) is 0 Å². The molecule has 0 aromatic heterocycles. The molecule has 78 valence electrons. The third-order valence-corrected chi connectivity index (χ3v) is 1.90. The van der Waals surface area contributed by atoms with Crippen LogP contribution in [0.25, 0.3) is 0 Å². The van der Waals surface area contributed by atoms with Crippen LogP contribution in [0.4, 0.5) is 0 Å². The first-order chi connectivity index (χ1) is 6.02. The molecule has 5 nitrogen and oxygen atoms in total. The molecular weight excluding hydrogens is 176 g/mol. The van der Waals surface area contributed by atoms with Gasteiger partial charge in [0.1, 0.15) is 18.3 Å². The van der Waals surface area contributed by atoms with Gasteiger partial charge in [-0.1, -0.05) is 0 Å². The second-order valence-electron chi connectivity index (χ2n) is 3.43. The monoisotopic (exact) mass is 192 g/mol. The molecule has 0 amide bonds. The maximum Gasteiger partial charge on any atom is 0.183 e. The fourth-order valence-electron chi connectivity index (χ4n) is 1.25. The molecule has 1 unspecified atom stereocenters. The molecule has 3 N–H and O–H groups in total. The van der Waals surface area contributed by atoms with E-state index in [1.165, 1.54) is 0 Å². The first-order valence-corrected chi connectivity index (χ1v) is 4.33. The summed E-state index contributed by atoms with van der Waals surface area (Å²) in [7, 11) is 0. The average molecular weight is 192 g/mol. The van der Waals surface area contributed by atoms with Crippen LogP contribution in [0.3, 0.4) is 0 Å². The second-order valence-corrected chi connectivity index (χ2v) is 3.43. The van der Waals surface area contributed by atoms with Crippen LogP contribution in [0.5, 0.6) is 0 Å². The lowest BCUT2D eigenvalue weighted by molar-refractivity contribution is -0.264. The lowest BCUT2D eigenvalue weighted by Crippen LogP contribution is -2.54. The van der Waals surface area contributed by atoms with Crippen molar-refractivity contribution in [2.45, 2.75) is 44.6 Å². The topological polar surface area (TPSA) is 79.2 Å². The van der Waals surface area contributed by atoms with Crippen molar-refractivity contribution >= 4 is 0 Å². The van der Waals surface area contributed by atoms with E-state index in [1.54, 1.807) is 0 Å². The van der Waals surface area contributed by atoms with Crippen LogP contribution in [0.1, 0.15) is 13.8 Å². The molecular formula is C8H16O5. The zero-order chi connectivity index (χ0) is 10.0. The number of ether oxygens (including phenoxy) is 2. The molecule has 5 heteroatoms. The highest BCUT2D eigenvalue weighted by atomic mass is 16.6. The number of hydrogen-bond donors (Lipinski definition) is 3. The molecule has 0 bridgehead atoms. The molecule has 0 spiro atoms. The van der Waals surface area contributed by atoms with Crippen molar-refractivity contribution in [3.8, 4) is 0 Å². The third kappa shape index (κ3) is 2.62. The summed E-state index contributed by atoms with van der Waals surface area (Å²) in [5.41, 5.74) is 0. The summed E-state index contributed by atoms with van der Waals surface area (Å²) >= 11 is 0. The fraction of sp³-hybridized carbons (Fsp3) is 1.00. The summed E-state index contributed by atoms with van der Waals surface area (Å²) < 4.78 is 10.1. The Bertz CT molecular complexity index is 161. The van der Waals surface area contributed by atoms with Crippen molar-refractivity contribution in [3.05, 3.63) is 0 Å². The van der Waals surface area contributed by atoms with Crippen LogP contribution in [0, 0.1) is 0 Å². The van der Waals surface area contributed by atoms with E-state index in [-0.39, 0.29) is 12.7 Å². The third-order valence-electron chi connectivity index (χ3n) is 1.90. The summed E-state index contributed by atoms with van der Waals surface area (Å²) in [5.74, 6) is 0. The molecule has 0 saturated carbocycles. The SMILES string of the molecule is CC(C)O[C@@H]1CO[C@@H](O)C(O)[C@H]1O. The molecule has 13 heavy (non-hydrogen) atoms. The Labute approximate surface area is 76.9 Å². The predicted molar refractivity (Wildman–Crippen MR) is 44.0 cm³/mol. The number of aliphatic hydroxyl groups is 3. The normalized spacial score (nSPS) is 41.1. The zero-order valence-electron chi connectivity index (χ0n) is 7.75. The molecule has 4 atom stereocenters. The Hall–Kier alpha value is -0.200. The highest BCUT2D eigenvalue weighted by molar-refractivity contribution is 4.83. The van der Waals surface area contributed by atoms with Gasteiger partial charge < -0.3 is 24.8 Å². The average Bonchev–Trinajstić information content (AvgIpc) is 2.06. The van der Waals surface area contributed by atoms with E-state index in [9.17, 15) is 10.2 Å². The van der Waals surface area contributed by atoms with Gasteiger partial charge in [-0.2, -0.15) is 0 Å². The summed E-state index contributed by atoms with van der Waals surface area (Å²) in [6, 6.07) is 0. The molecule has 1 fully saturated rings. The van der Waals surface area contributed by atoms with Crippen molar-refractivity contribution in [1.29, 1.82) is 0 Å². The summed E-state index contributed by atoms with van der Waals surface area (Å²) in [4.78, 5) is 0. The molecule has 1 rings (SSSR count). The van der Waals surface area contributed by atoms with Crippen LogP contribution in [-0.4, -0.2) is 52.6 Å². The van der Waals surface area contributed by atoms with Crippen molar-refractivity contribution in [2.24, 2.45) is 0 Å². The molecule has 0 aromatic carbocycles. The van der Waals surface area contributed by atoms with Crippen LogP contribution < -0.4 is 0 Å². The van der Waals surface area contributed by atoms with Crippen molar-refractivity contribution in [2.75, 3.05) is 6.61 Å². The summed E-state index contributed by atoms with van der Waals surface area (Å²) in [5, 5.41) is 27.7. The van der Waals surface area contributed by atoms with Gasteiger partial charge in [-0.3, -0.25) is 0 Å². The smallest absolute Gasteiger partial charge is 0.183 e. The van der Waals surface area contributed by atoms with E-state index in [1.807, 2.05) is 13.8 Å². The first kappa shape index (κ1) is 10.9. The minimum absolute atomic E-state index is 0.0503. The maximum absolute atomic E-state index is 9.44. The van der Waals surface area contributed by atoms with Crippen molar-refractivity contribution < 1.29 is 24.8 Å². The lowest BCUT2D eigenvalue weighted by Gasteiger charge is -2.35. The Balaban J connectivity index is 2.48. The van der Waals surface area contributed by atoms with Gasteiger partial charge in [-0.15, -0.1) is 0 Å². The first-order valence-electron chi connectivity index (χ1n) is 4.33. The molecule has 1 aliphatic rings. The molecule has 0 aliphatic carbocycles. The maximum atomic E-state index is 9.44. The minimum Gasteiger partial charge on any atom is -0.387 e. The van der Waals surface area contributed by atoms with Crippen LogP contribution in [0.15, 0.2) is 0 Å². The Kier molecular flexibility index (Phi) is 3.63. The Morgan fingerprint density at radius 3 is 2.38 bits per heavy atom. The highest BCUT2D eigenvalue weighted by Crippen LogP contribution is 2.17. The molecule has 1 aliphatic heterocycles. The van der Waals surface area contributed by atoms with Gasteiger partial charge in [-0.05, 0) is 13.8 Å². The van der Waals surface area contributed by atoms with Crippen LogP contribution in [-0.2, 0) is 9.47 Å². The fourth-order valence-corrected chi connectivity index (χ4v) is 1.25. The van der Waals surface area contributed by atoms with Crippen LogP contribution in [0.2, 0.25) is 0 Å². The van der Waals surface area contributed by atoms with E-state index in [2.05, 4.69) is 0 Å². The Morgan fingerprint density at radius 1 is 1.23 bits per heavy atom. The highest BCUT2D eigenvalue weighted by Gasteiger charge is 2.38. The minimum atomic E-state index is -1.32. The van der Waals surface area contributed by atoms with Gasteiger partial charge in [0, 0.05) is 0 Å². The van der Waals surface area contributed by atoms with Gasteiger partial charge in [0.2, 0.25) is 0 Å². The largest absolute Gasteiger partial charge is 0.387 e. The van der Waals surface area contributed by atoms with E-state index in [0.717, 1.165) is 0 Å². The van der Waals surface area contributed by atoms with E-state index in [4.69, 9.17) is 14.6 Å². The zero-order valence-corrected chi connectivity index (χ0v) is 7.75. The summed E-state index contributed by atoms with van der Waals surface area (Å²) in [6.45, 7) is 3.74. The molecule has 0 radical (unpaired) electrons. The van der Waals surface area contributed by atoms with E-state index < -0.39 is 24.6 Å². The standard InChI is InChI=1S/C8H16O5/c1-4(2)13-5-3-12-8(11)7(10)6(5)9/h4-11H,3H2,1-2H3/t5-,6+,7?,8-/m1/s1. The number of hydrogen-bond acceptors (Lipinski definition) is 5. The van der Waals surface area contributed by atoms with Gasteiger partial charge in [0.25, 0.3) is 0 Å². The molecule has 1 heterocycles. The second kappa shape index (κ2) is 4.34. The van der Waals surface area contributed by atoms with E-state index in [0.29, 0.717) is 0 Å². The molecule has 1 saturated heterocycles. The van der Waals surface area contributed by atoms with Gasteiger partial charge in [-0.25, -0.2) is 0 Å². The van der Waals surface area contributed by atoms with Gasteiger partial charge in [0.05, 0.1) is 12.7 Å². The quantitative estimate of drug-likeness (QED) is 0.515. The van der Waals surface area contributed by atoms with Crippen LogP contribution >= 0.6 is 0 Å². The van der Waals surface area contributed by atoms with Gasteiger partial charge in [0.15, 0.2) is 6.29 Å². The van der Waals surface area contributed by atoms with Crippen molar-refractivity contribution in [3.63, 3.8) is 0 Å². The molecule has 0 aromatic rings. The summed E-state index contributed by atoms with van der Waals surface area (Å²) in [6.07, 6.45) is -4.32. The predicted octanol–water partition coefficient (Wildman–Crippen LogP) is -1.15. The number of rotatable bonds is 2. The number of aliphatic hydroxyl groups excluding tert-OH is 3.